The van der Waals surface area contributed by atoms with Crippen molar-refractivity contribution < 1.29 is 8.42 Å². The van der Waals surface area contributed by atoms with Crippen LogP contribution in [0.4, 0.5) is 0 Å². The molecular weight excluding hydrogens is 341 g/mol. The van der Waals surface area contributed by atoms with Gasteiger partial charge in [-0.25, -0.2) is 8.42 Å². The Morgan fingerprint density at radius 1 is 1.44 bits per heavy atom. The van der Waals surface area contributed by atoms with Crippen molar-refractivity contribution in [3.05, 3.63) is 0 Å². The molecule has 1 rings (SSSR count). The molecule has 2 N–H and O–H groups in total. The summed E-state index contributed by atoms with van der Waals surface area (Å²) in [6.07, 6.45) is 2.15. The molecule has 0 unspecified atom stereocenters. The average molecular weight is 361 g/mol. The van der Waals surface area contributed by atoms with Gasteiger partial charge in [0.15, 0.2) is 15.8 Å². The van der Waals surface area contributed by atoms with Gasteiger partial charge in [-0.05, 0) is 18.8 Å². The van der Waals surface area contributed by atoms with E-state index in [1.807, 2.05) is 0 Å². The van der Waals surface area contributed by atoms with Crippen LogP contribution in [0.15, 0.2) is 4.99 Å². The number of rotatable bonds is 5. The monoisotopic (exact) mass is 361 g/mol. The zero-order valence-electron chi connectivity index (χ0n) is 9.69. The van der Waals surface area contributed by atoms with Crippen LogP contribution in [0.3, 0.4) is 0 Å². The van der Waals surface area contributed by atoms with E-state index >= 15 is 0 Å². The Kier molecular flexibility index (Phi) is 7.29. The molecule has 0 atom stereocenters. The topological polar surface area (TPSA) is 70.6 Å². The standard InChI is InChI=1S/C9H19N3O2S.HI/c1-10-9(11-2)12-5-6-15(13,14)7-8-3-4-8;/h8H,3-7H2,1-2H3,(H2,10,11,12);1H. The second-order valence-corrected chi connectivity index (χ2v) is 6.04. The number of aliphatic imine (C=N–C) groups is 1. The maximum absolute atomic E-state index is 11.5. The third-order valence-corrected chi connectivity index (χ3v) is 4.16. The van der Waals surface area contributed by atoms with E-state index in [0.29, 0.717) is 24.2 Å². The van der Waals surface area contributed by atoms with E-state index in [4.69, 9.17) is 0 Å². The number of hydrogen-bond acceptors (Lipinski definition) is 3. The smallest absolute Gasteiger partial charge is 0.190 e. The number of guanidine groups is 1. The van der Waals surface area contributed by atoms with E-state index in [2.05, 4.69) is 15.6 Å². The van der Waals surface area contributed by atoms with E-state index < -0.39 is 9.84 Å². The lowest BCUT2D eigenvalue weighted by molar-refractivity contribution is 0.591. The van der Waals surface area contributed by atoms with Gasteiger partial charge in [0, 0.05) is 20.6 Å². The van der Waals surface area contributed by atoms with Crippen LogP contribution >= 0.6 is 24.0 Å². The molecule has 0 spiro atoms. The van der Waals surface area contributed by atoms with E-state index in [1.165, 1.54) is 0 Å². The molecule has 5 nitrogen and oxygen atoms in total. The Bertz CT molecular complexity index is 326. The SMILES string of the molecule is CN=C(NC)NCCS(=O)(=O)CC1CC1.I. The summed E-state index contributed by atoms with van der Waals surface area (Å²) in [6, 6.07) is 0. The predicted molar refractivity (Wildman–Crippen MR) is 77.2 cm³/mol. The van der Waals surface area contributed by atoms with Crippen LogP contribution in [0.2, 0.25) is 0 Å². The second kappa shape index (κ2) is 7.31. The van der Waals surface area contributed by atoms with Crippen LogP contribution < -0.4 is 10.6 Å². The highest BCUT2D eigenvalue weighted by Crippen LogP contribution is 2.30. The van der Waals surface area contributed by atoms with Gasteiger partial charge in [-0.15, -0.1) is 24.0 Å². The van der Waals surface area contributed by atoms with Gasteiger partial charge in [-0.2, -0.15) is 0 Å². The third-order valence-electron chi connectivity index (χ3n) is 2.35. The van der Waals surface area contributed by atoms with Crippen molar-refractivity contribution in [1.29, 1.82) is 0 Å². The second-order valence-electron chi connectivity index (χ2n) is 3.81. The van der Waals surface area contributed by atoms with E-state index in [9.17, 15) is 8.42 Å². The molecule has 16 heavy (non-hydrogen) atoms. The maximum atomic E-state index is 11.5. The van der Waals surface area contributed by atoms with Gasteiger partial charge < -0.3 is 10.6 Å². The van der Waals surface area contributed by atoms with Crippen LogP contribution in [-0.2, 0) is 9.84 Å². The van der Waals surface area contributed by atoms with Crippen molar-refractivity contribution >= 4 is 39.8 Å². The summed E-state index contributed by atoms with van der Waals surface area (Å²) in [4.78, 5) is 3.90. The van der Waals surface area contributed by atoms with Crippen LogP contribution in [0.25, 0.3) is 0 Å². The first kappa shape index (κ1) is 16.0. The molecule has 0 radical (unpaired) electrons. The molecule has 0 aromatic rings. The van der Waals surface area contributed by atoms with Gasteiger partial charge in [0.1, 0.15) is 0 Å². The molecule has 0 aromatic carbocycles. The van der Waals surface area contributed by atoms with Gasteiger partial charge >= 0.3 is 0 Å². The maximum Gasteiger partial charge on any atom is 0.190 e. The van der Waals surface area contributed by atoms with Crippen molar-refractivity contribution in [1.82, 2.24) is 10.6 Å². The minimum Gasteiger partial charge on any atom is -0.359 e. The van der Waals surface area contributed by atoms with Gasteiger partial charge in [-0.1, -0.05) is 0 Å². The molecule has 96 valence electrons. The minimum absolute atomic E-state index is 0. The summed E-state index contributed by atoms with van der Waals surface area (Å²) in [7, 11) is 0.519. The quantitative estimate of drug-likeness (QED) is 0.418. The molecule has 0 aliphatic heterocycles. The van der Waals surface area contributed by atoms with Crippen LogP contribution in [0.1, 0.15) is 12.8 Å². The van der Waals surface area contributed by atoms with E-state index in [-0.39, 0.29) is 29.7 Å². The Hall–Kier alpha value is -0.0500. The largest absolute Gasteiger partial charge is 0.359 e. The highest BCUT2D eigenvalue weighted by Gasteiger charge is 2.27. The molecule has 1 aliphatic rings. The van der Waals surface area contributed by atoms with Crippen LogP contribution in [0.5, 0.6) is 0 Å². The Balaban J connectivity index is 0.00000225. The first-order chi connectivity index (χ1) is 7.07. The number of nitrogens with zero attached hydrogens (tertiary/aromatic N) is 1. The molecular formula is C9H20IN3O2S. The predicted octanol–water partition coefficient (Wildman–Crippen LogP) is 0.224. The van der Waals surface area contributed by atoms with E-state index in [1.54, 1.807) is 14.1 Å². The van der Waals surface area contributed by atoms with Crippen LogP contribution in [0, 0.1) is 5.92 Å². The van der Waals surface area contributed by atoms with Crippen molar-refractivity contribution in [2.24, 2.45) is 10.9 Å². The summed E-state index contributed by atoms with van der Waals surface area (Å²) >= 11 is 0. The van der Waals surface area contributed by atoms with Crippen molar-refractivity contribution in [3.8, 4) is 0 Å². The van der Waals surface area contributed by atoms with Gasteiger partial charge in [-0.3, -0.25) is 4.99 Å². The van der Waals surface area contributed by atoms with Crippen molar-refractivity contribution in [2.75, 3.05) is 32.1 Å². The lowest BCUT2D eigenvalue weighted by Gasteiger charge is -2.08. The first-order valence-corrected chi connectivity index (χ1v) is 6.98. The van der Waals surface area contributed by atoms with Gasteiger partial charge in [0.25, 0.3) is 0 Å². The summed E-state index contributed by atoms with van der Waals surface area (Å²) in [5.74, 6) is 1.59. The number of halogens is 1. The highest BCUT2D eigenvalue weighted by molar-refractivity contribution is 14.0. The molecule has 0 bridgehead atoms. The van der Waals surface area contributed by atoms with Gasteiger partial charge in [0.2, 0.25) is 0 Å². The molecule has 1 aliphatic carbocycles. The lowest BCUT2D eigenvalue weighted by atomic mass is 10.5. The molecule has 0 saturated heterocycles. The molecule has 0 amide bonds. The number of hydrogen-bond donors (Lipinski definition) is 2. The zero-order valence-corrected chi connectivity index (χ0v) is 12.8. The van der Waals surface area contributed by atoms with Crippen molar-refractivity contribution in [2.45, 2.75) is 12.8 Å². The molecule has 0 aromatic heterocycles. The fourth-order valence-electron chi connectivity index (χ4n) is 1.33. The van der Waals surface area contributed by atoms with Gasteiger partial charge in [0.05, 0.1) is 11.5 Å². The Morgan fingerprint density at radius 2 is 2.06 bits per heavy atom. The van der Waals surface area contributed by atoms with Crippen molar-refractivity contribution in [3.63, 3.8) is 0 Å². The summed E-state index contributed by atoms with van der Waals surface area (Å²) in [5.41, 5.74) is 0. The summed E-state index contributed by atoms with van der Waals surface area (Å²) < 4.78 is 23.1. The normalized spacial score (nSPS) is 16.5. The first-order valence-electron chi connectivity index (χ1n) is 5.16. The zero-order chi connectivity index (χ0) is 11.3. The summed E-state index contributed by atoms with van der Waals surface area (Å²) in [6.45, 7) is 0.419. The molecule has 0 heterocycles. The fraction of sp³-hybridized carbons (Fsp3) is 0.889. The molecule has 1 saturated carbocycles. The fourth-order valence-corrected chi connectivity index (χ4v) is 2.96. The lowest BCUT2D eigenvalue weighted by Crippen LogP contribution is -2.37. The minimum atomic E-state index is -2.88. The molecule has 7 heteroatoms. The number of nitrogens with one attached hydrogen (secondary N) is 2. The molecule has 1 fully saturated rings. The Labute approximate surface area is 114 Å². The number of sulfone groups is 1. The highest BCUT2D eigenvalue weighted by atomic mass is 127. The van der Waals surface area contributed by atoms with Crippen LogP contribution in [-0.4, -0.2) is 46.5 Å². The third kappa shape index (κ3) is 6.51. The summed E-state index contributed by atoms with van der Waals surface area (Å²) in [5, 5.41) is 5.76. The van der Waals surface area contributed by atoms with E-state index in [0.717, 1.165) is 12.8 Å². The average Bonchev–Trinajstić information content (AvgIpc) is 2.95. The Morgan fingerprint density at radius 3 is 2.50 bits per heavy atom.